The number of nitrogens with one attached hydrogen (secondary N) is 2. The van der Waals surface area contributed by atoms with Crippen molar-refractivity contribution < 1.29 is 19.1 Å². The van der Waals surface area contributed by atoms with Gasteiger partial charge in [-0.2, -0.15) is 0 Å². The first-order valence-corrected chi connectivity index (χ1v) is 8.53. The molecule has 1 aliphatic rings. The number of carbonyl (C=O) groups excluding carboxylic acids is 3. The summed E-state index contributed by atoms with van der Waals surface area (Å²) in [7, 11) is 0. The first kappa shape index (κ1) is 18.9. The van der Waals surface area contributed by atoms with E-state index in [4.69, 9.17) is 10.5 Å². The molecule has 0 spiro atoms. The molecule has 7 heteroatoms. The molecule has 1 aromatic carbocycles. The minimum Gasteiger partial charge on any atom is -0.367 e. The van der Waals surface area contributed by atoms with Gasteiger partial charge in [-0.05, 0) is 37.0 Å². The molecule has 0 aliphatic carbocycles. The zero-order chi connectivity index (χ0) is 18.4. The summed E-state index contributed by atoms with van der Waals surface area (Å²) < 4.78 is 5.34. The van der Waals surface area contributed by atoms with Gasteiger partial charge in [0.15, 0.2) is 0 Å². The summed E-state index contributed by atoms with van der Waals surface area (Å²) in [5.74, 6) is -0.889. The van der Waals surface area contributed by atoms with E-state index in [0.717, 1.165) is 12.0 Å². The van der Waals surface area contributed by atoms with E-state index < -0.39 is 18.1 Å². The number of hydrogen-bond donors (Lipinski definition) is 3. The van der Waals surface area contributed by atoms with Gasteiger partial charge >= 0.3 is 0 Å². The lowest BCUT2D eigenvalue weighted by molar-refractivity contribution is -0.137. The summed E-state index contributed by atoms with van der Waals surface area (Å²) in [6.07, 6.45) is 0.380. The van der Waals surface area contributed by atoms with Gasteiger partial charge in [0.25, 0.3) is 0 Å². The van der Waals surface area contributed by atoms with Crippen LogP contribution in [0.5, 0.6) is 0 Å². The Labute approximate surface area is 147 Å². The molecule has 3 amide bonds. The maximum atomic E-state index is 12.1. The number of rotatable bonds is 7. The maximum absolute atomic E-state index is 12.1. The third kappa shape index (κ3) is 5.29. The first-order valence-electron chi connectivity index (χ1n) is 8.53. The van der Waals surface area contributed by atoms with Gasteiger partial charge in [-0.15, -0.1) is 0 Å². The molecule has 2 rings (SSSR count). The van der Waals surface area contributed by atoms with Crippen LogP contribution in [-0.4, -0.2) is 29.9 Å². The van der Waals surface area contributed by atoms with Crippen molar-refractivity contribution in [2.45, 2.75) is 51.9 Å². The average Bonchev–Trinajstić information content (AvgIpc) is 3.09. The van der Waals surface area contributed by atoms with Crippen LogP contribution >= 0.6 is 0 Å². The predicted octanol–water partition coefficient (Wildman–Crippen LogP) is 1.32. The van der Waals surface area contributed by atoms with E-state index in [-0.39, 0.29) is 17.7 Å². The van der Waals surface area contributed by atoms with Gasteiger partial charge in [-0.1, -0.05) is 26.0 Å². The van der Waals surface area contributed by atoms with Crippen molar-refractivity contribution in [3.8, 4) is 0 Å². The smallest absolute Gasteiger partial charge is 0.249 e. The average molecular weight is 347 g/mol. The number of primary amides is 1. The molecule has 1 fully saturated rings. The Morgan fingerprint density at radius 3 is 2.64 bits per heavy atom. The molecule has 1 unspecified atom stereocenters. The number of anilines is 1. The zero-order valence-corrected chi connectivity index (χ0v) is 14.6. The lowest BCUT2D eigenvalue weighted by Gasteiger charge is -2.13. The Morgan fingerprint density at radius 2 is 2.00 bits per heavy atom. The standard InChI is InChI=1S/C18H25N3O4/c1-3-11(2)17(23)21-13-6-4-5-12(9-13)10-20-18(24)15-8-7-14(25-15)16(19)22/h4-6,9,11,14-15H,3,7-8,10H2,1-2H3,(H2,19,22)(H,20,24)(H,21,23)/t11?,14-,15+/m1/s1. The molecule has 0 bridgehead atoms. The first-order chi connectivity index (χ1) is 11.9. The number of amides is 3. The summed E-state index contributed by atoms with van der Waals surface area (Å²) in [5, 5.41) is 5.65. The highest BCUT2D eigenvalue weighted by Crippen LogP contribution is 2.20. The minimum absolute atomic E-state index is 0.0273. The van der Waals surface area contributed by atoms with Crippen molar-refractivity contribution in [2.24, 2.45) is 11.7 Å². The van der Waals surface area contributed by atoms with Crippen molar-refractivity contribution >= 4 is 23.4 Å². The van der Waals surface area contributed by atoms with Crippen LogP contribution in [0.1, 0.15) is 38.7 Å². The number of hydrogen-bond acceptors (Lipinski definition) is 4. The van der Waals surface area contributed by atoms with E-state index in [0.29, 0.717) is 25.1 Å². The Balaban J connectivity index is 1.87. The predicted molar refractivity (Wildman–Crippen MR) is 93.5 cm³/mol. The minimum atomic E-state index is -0.685. The van der Waals surface area contributed by atoms with Crippen molar-refractivity contribution in [3.63, 3.8) is 0 Å². The van der Waals surface area contributed by atoms with E-state index in [2.05, 4.69) is 10.6 Å². The normalized spacial score (nSPS) is 20.7. The van der Waals surface area contributed by atoms with Crippen molar-refractivity contribution in [1.29, 1.82) is 0 Å². The molecule has 3 atom stereocenters. The Bertz CT molecular complexity index is 647. The highest BCUT2D eigenvalue weighted by atomic mass is 16.5. The highest BCUT2D eigenvalue weighted by Gasteiger charge is 2.33. The van der Waals surface area contributed by atoms with Gasteiger partial charge < -0.3 is 21.1 Å². The molecule has 1 aliphatic heterocycles. The topological polar surface area (TPSA) is 111 Å². The molecule has 0 radical (unpaired) electrons. The van der Waals surface area contributed by atoms with Gasteiger partial charge in [0.2, 0.25) is 17.7 Å². The van der Waals surface area contributed by atoms with Gasteiger partial charge in [0, 0.05) is 18.2 Å². The Hall–Kier alpha value is -2.41. The van der Waals surface area contributed by atoms with Gasteiger partial charge in [-0.3, -0.25) is 14.4 Å². The molecule has 4 N–H and O–H groups in total. The van der Waals surface area contributed by atoms with Crippen LogP contribution in [0.2, 0.25) is 0 Å². The molecule has 136 valence electrons. The van der Waals surface area contributed by atoms with Crippen LogP contribution in [0.25, 0.3) is 0 Å². The van der Waals surface area contributed by atoms with Crippen LogP contribution < -0.4 is 16.4 Å². The number of ether oxygens (including phenoxy) is 1. The largest absolute Gasteiger partial charge is 0.367 e. The van der Waals surface area contributed by atoms with E-state index >= 15 is 0 Å². The third-order valence-electron chi connectivity index (χ3n) is 4.35. The Morgan fingerprint density at radius 1 is 1.28 bits per heavy atom. The second-order valence-corrected chi connectivity index (χ2v) is 6.31. The number of nitrogens with two attached hydrogens (primary N) is 1. The van der Waals surface area contributed by atoms with E-state index in [1.165, 1.54) is 0 Å². The molecular formula is C18H25N3O4. The SMILES string of the molecule is CCC(C)C(=O)Nc1cccc(CNC(=O)[C@@H]2CC[C@H](C(N)=O)O2)c1. The summed E-state index contributed by atoms with van der Waals surface area (Å²) in [6, 6.07) is 7.31. The second kappa shape index (κ2) is 8.62. The fourth-order valence-corrected chi connectivity index (χ4v) is 2.55. The summed E-state index contributed by atoms with van der Waals surface area (Å²) >= 11 is 0. The lowest BCUT2D eigenvalue weighted by atomic mass is 10.1. The van der Waals surface area contributed by atoms with E-state index in [1.807, 2.05) is 38.1 Å². The molecule has 0 aromatic heterocycles. The lowest BCUT2D eigenvalue weighted by Crippen LogP contribution is -2.36. The van der Waals surface area contributed by atoms with Gasteiger partial charge in [0.1, 0.15) is 12.2 Å². The fourth-order valence-electron chi connectivity index (χ4n) is 2.55. The highest BCUT2D eigenvalue weighted by molar-refractivity contribution is 5.92. The van der Waals surface area contributed by atoms with Crippen LogP contribution in [0.15, 0.2) is 24.3 Å². The van der Waals surface area contributed by atoms with Gasteiger partial charge in [0.05, 0.1) is 0 Å². The van der Waals surface area contributed by atoms with Crippen LogP contribution in [-0.2, 0) is 25.7 Å². The van der Waals surface area contributed by atoms with Gasteiger partial charge in [-0.25, -0.2) is 0 Å². The molecule has 1 saturated heterocycles. The van der Waals surface area contributed by atoms with Crippen molar-refractivity contribution in [3.05, 3.63) is 29.8 Å². The van der Waals surface area contributed by atoms with Crippen molar-refractivity contribution in [2.75, 3.05) is 5.32 Å². The van der Waals surface area contributed by atoms with Crippen LogP contribution in [0.4, 0.5) is 5.69 Å². The summed E-state index contributed by atoms with van der Waals surface area (Å²) in [4.78, 5) is 35.1. The molecular weight excluding hydrogens is 322 g/mol. The molecule has 7 nitrogen and oxygen atoms in total. The molecule has 1 heterocycles. The quantitative estimate of drug-likeness (QED) is 0.691. The van der Waals surface area contributed by atoms with Crippen molar-refractivity contribution in [1.82, 2.24) is 5.32 Å². The van der Waals surface area contributed by atoms with E-state index in [9.17, 15) is 14.4 Å². The van der Waals surface area contributed by atoms with Crippen LogP contribution in [0.3, 0.4) is 0 Å². The Kier molecular flexibility index (Phi) is 6.52. The summed E-state index contributed by atoms with van der Waals surface area (Å²) in [6.45, 7) is 4.15. The monoisotopic (exact) mass is 347 g/mol. The number of carbonyl (C=O) groups is 3. The molecule has 25 heavy (non-hydrogen) atoms. The number of benzene rings is 1. The summed E-state index contributed by atoms with van der Waals surface area (Å²) in [5.41, 5.74) is 6.74. The second-order valence-electron chi connectivity index (χ2n) is 6.31. The molecule has 1 aromatic rings. The molecule has 0 saturated carbocycles. The third-order valence-corrected chi connectivity index (χ3v) is 4.35. The fraction of sp³-hybridized carbons (Fsp3) is 0.500. The zero-order valence-electron chi connectivity index (χ0n) is 14.6. The van der Waals surface area contributed by atoms with E-state index in [1.54, 1.807) is 0 Å². The maximum Gasteiger partial charge on any atom is 0.249 e. The van der Waals surface area contributed by atoms with Crippen LogP contribution in [0, 0.1) is 5.92 Å².